The summed E-state index contributed by atoms with van der Waals surface area (Å²) >= 11 is 0. The molecule has 2 atom stereocenters. The van der Waals surface area contributed by atoms with Crippen LogP contribution in [0.25, 0.3) is 0 Å². The van der Waals surface area contributed by atoms with Gasteiger partial charge in [0.15, 0.2) is 5.75 Å². The largest absolute Gasteiger partial charge is 0.493 e. The smallest absolute Gasteiger partial charge is 0.162 e. The second-order valence-corrected chi connectivity index (χ2v) is 4.88. The van der Waals surface area contributed by atoms with E-state index >= 15 is 0 Å². The summed E-state index contributed by atoms with van der Waals surface area (Å²) in [6.45, 7) is 5.52. The van der Waals surface area contributed by atoms with Gasteiger partial charge in [-0.1, -0.05) is 6.92 Å². The molecule has 0 radical (unpaired) electrons. The zero-order valence-electron chi connectivity index (χ0n) is 11.9. The minimum absolute atomic E-state index is 0.232. The summed E-state index contributed by atoms with van der Waals surface area (Å²) in [6, 6.07) is 0. The monoisotopic (exact) mass is 269 g/mol. The standard InChI is InChI=1S/C13H23N3O3/c1-4-5-16-6-7-19-11(9-16)13(17)12-10(18-3)8-14-15(12)2/h8,11,13,17H,4-7,9H2,1-3H3. The summed E-state index contributed by atoms with van der Waals surface area (Å²) in [5, 5.41) is 14.6. The quantitative estimate of drug-likeness (QED) is 0.847. The van der Waals surface area contributed by atoms with Gasteiger partial charge in [-0.2, -0.15) is 5.10 Å². The van der Waals surface area contributed by atoms with Gasteiger partial charge in [-0.05, 0) is 13.0 Å². The zero-order chi connectivity index (χ0) is 13.8. The first-order valence-electron chi connectivity index (χ1n) is 6.75. The third-order valence-electron chi connectivity index (χ3n) is 3.52. The Morgan fingerprint density at radius 1 is 1.63 bits per heavy atom. The molecular weight excluding hydrogens is 246 g/mol. The van der Waals surface area contributed by atoms with Crippen LogP contribution in [0.5, 0.6) is 5.75 Å². The maximum atomic E-state index is 10.5. The zero-order valence-corrected chi connectivity index (χ0v) is 11.9. The Balaban J connectivity index is 2.10. The Labute approximate surface area is 113 Å². The number of aliphatic hydroxyl groups is 1. The highest BCUT2D eigenvalue weighted by atomic mass is 16.5. The van der Waals surface area contributed by atoms with Gasteiger partial charge >= 0.3 is 0 Å². The number of aryl methyl sites for hydroxylation is 1. The highest BCUT2D eigenvalue weighted by Crippen LogP contribution is 2.29. The summed E-state index contributed by atoms with van der Waals surface area (Å²) in [4.78, 5) is 2.32. The van der Waals surface area contributed by atoms with Crippen LogP contribution in [0.3, 0.4) is 0 Å². The van der Waals surface area contributed by atoms with E-state index in [0.29, 0.717) is 18.1 Å². The number of rotatable bonds is 5. The number of nitrogens with zero attached hydrogens (tertiary/aromatic N) is 3. The Hall–Kier alpha value is -1.11. The van der Waals surface area contributed by atoms with Crippen LogP contribution < -0.4 is 4.74 Å². The first-order chi connectivity index (χ1) is 9.17. The number of methoxy groups -OCH3 is 1. The minimum Gasteiger partial charge on any atom is -0.493 e. The number of hydrogen-bond donors (Lipinski definition) is 1. The molecule has 1 N–H and O–H groups in total. The molecule has 19 heavy (non-hydrogen) atoms. The third-order valence-corrected chi connectivity index (χ3v) is 3.52. The van der Waals surface area contributed by atoms with E-state index in [4.69, 9.17) is 9.47 Å². The fourth-order valence-corrected chi connectivity index (χ4v) is 2.54. The molecule has 6 nitrogen and oxygen atoms in total. The normalized spacial score (nSPS) is 22.4. The highest BCUT2D eigenvalue weighted by Gasteiger charge is 2.31. The van der Waals surface area contributed by atoms with E-state index < -0.39 is 6.10 Å². The lowest BCUT2D eigenvalue weighted by atomic mass is 10.1. The predicted molar refractivity (Wildman–Crippen MR) is 71.2 cm³/mol. The number of ether oxygens (including phenoxy) is 2. The van der Waals surface area contributed by atoms with Crippen LogP contribution in [0.15, 0.2) is 6.20 Å². The van der Waals surface area contributed by atoms with E-state index in [1.165, 1.54) is 0 Å². The van der Waals surface area contributed by atoms with Crippen molar-refractivity contribution in [2.24, 2.45) is 7.05 Å². The Kier molecular flexibility index (Phi) is 4.79. The van der Waals surface area contributed by atoms with Crippen molar-refractivity contribution in [1.82, 2.24) is 14.7 Å². The van der Waals surface area contributed by atoms with Crippen LogP contribution in [-0.2, 0) is 11.8 Å². The fraction of sp³-hybridized carbons (Fsp3) is 0.769. The van der Waals surface area contributed by atoms with Crippen LogP contribution in [0, 0.1) is 0 Å². The van der Waals surface area contributed by atoms with Crippen molar-refractivity contribution in [3.8, 4) is 5.75 Å². The summed E-state index contributed by atoms with van der Waals surface area (Å²) in [5.41, 5.74) is 0.672. The molecule has 2 heterocycles. The van der Waals surface area contributed by atoms with Crippen LogP contribution >= 0.6 is 0 Å². The number of aliphatic hydroxyl groups excluding tert-OH is 1. The van der Waals surface area contributed by atoms with Gasteiger partial charge in [0.2, 0.25) is 0 Å². The van der Waals surface area contributed by atoms with Crippen LogP contribution in [0.4, 0.5) is 0 Å². The molecule has 0 amide bonds. The molecule has 1 saturated heterocycles. The molecule has 0 aromatic carbocycles. The van der Waals surface area contributed by atoms with Gasteiger partial charge in [-0.15, -0.1) is 0 Å². The van der Waals surface area contributed by atoms with E-state index in [-0.39, 0.29) is 6.10 Å². The maximum absolute atomic E-state index is 10.5. The molecular formula is C13H23N3O3. The summed E-state index contributed by atoms with van der Waals surface area (Å²) in [6.07, 6.45) is 1.77. The van der Waals surface area contributed by atoms with E-state index in [0.717, 1.165) is 26.1 Å². The van der Waals surface area contributed by atoms with Gasteiger partial charge in [-0.25, -0.2) is 0 Å². The second-order valence-electron chi connectivity index (χ2n) is 4.88. The Morgan fingerprint density at radius 3 is 3.11 bits per heavy atom. The van der Waals surface area contributed by atoms with Crippen molar-refractivity contribution in [3.05, 3.63) is 11.9 Å². The topological polar surface area (TPSA) is 59.8 Å². The summed E-state index contributed by atoms with van der Waals surface area (Å²) in [7, 11) is 3.38. The molecule has 108 valence electrons. The van der Waals surface area contributed by atoms with Crippen LogP contribution in [-0.4, -0.2) is 59.2 Å². The van der Waals surface area contributed by atoms with E-state index in [2.05, 4.69) is 16.9 Å². The molecule has 6 heteroatoms. The molecule has 1 aliphatic heterocycles. The predicted octanol–water partition coefficient (Wildman–Crippen LogP) is 0.573. The molecule has 2 unspecified atom stereocenters. The van der Waals surface area contributed by atoms with Crippen LogP contribution in [0.1, 0.15) is 25.1 Å². The van der Waals surface area contributed by atoms with Gasteiger partial charge in [-0.3, -0.25) is 9.58 Å². The highest BCUT2D eigenvalue weighted by molar-refractivity contribution is 5.28. The molecule has 2 rings (SSSR count). The maximum Gasteiger partial charge on any atom is 0.162 e. The molecule has 0 bridgehead atoms. The molecule has 1 aromatic rings. The molecule has 0 spiro atoms. The molecule has 0 aliphatic carbocycles. The summed E-state index contributed by atoms with van der Waals surface area (Å²) < 4.78 is 12.6. The summed E-state index contributed by atoms with van der Waals surface area (Å²) in [5.74, 6) is 0.603. The molecule has 1 aromatic heterocycles. The first kappa shape index (κ1) is 14.3. The lowest BCUT2D eigenvalue weighted by Crippen LogP contribution is -2.45. The lowest BCUT2D eigenvalue weighted by Gasteiger charge is -2.35. The molecule has 1 fully saturated rings. The average Bonchev–Trinajstić information content (AvgIpc) is 2.80. The minimum atomic E-state index is -0.720. The lowest BCUT2D eigenvalue weighted by molar-refractivity contribution is -0.0924. The van der Waals surface area contributed by atoms with Gasteiger partial charge in [0, 0.05) is 20.1 Å². The Bertz CT molecular complexity index is 406. The second kappa shape index (κ2) is 6.36. The van der Waals surface area contributed by atoms with Gasteiger partial charge in [0.25, 0.3) is 0 Å². The average molecular weight is 269 g/mol. The third kappa shape index (κ3) is 3.08. The van der Waals surface area contributed by atoms with Crippen molar-refractivity contribution in [2.75, 3.05) is 33.4 Å². The van der Waals surface area contributed by atoms with Crippen molar-refractivity contribution >= 4 is 0 Å². The fourth-order valence-electron chi connectivity index (χ4n) is 2.54. The number of hydrogen-bond acceptors (Lipinski definition) is 5. The van der Waals surface area contributed by atoms with Gasteiger partial charge in [0.05, 0.1) is 19.9 Å². The van der Waals surface area contributed by atoms with Crippen molar-refractivity contribution < 1.29 is 14.6 Å². The Morgan fingerprint density at radius 2 is 2.42 bits per heavy atom. The van der Waals surface area contributed by atoms with Crippen LogP contribution in [0.2, 0.25) is 0 Å². The number of aromatic nitrogens is 2. The number of morpholine rings is 1. The van der Waals surface area contributed by atoms with Crippen molar-refractivity contribution in [1.29, 1.82) is 0 Å². The van der Waals surface area contributed by atoms with E-state index in [9.17, 15) is 5.11 Å². The molecule has 0 saturated carbocycles. The van der Waals surface area contributed by atoms with Crippen molar-refractivity contribution in [3.63, 3.8) is 0 Å². The van der Waals surface area contributed by atoms with Gasteiger partial charge in [0.1, 0.15) is 17.9 Å². The molecule has 1 aliphatic rings. The van der Waals surface area contributed by atoms with Gasteiger partial charge < -0.3 is 14.6 Å². The van der Waals surface area contributed by atoms with E-state index in [1.54, 1.807) is 25.0 Å². The first-order valence-corrected chi connectivity index (χ1v) is 6.75. The van der Waals surface area contributed by atoms with Crippen molar-refractivity contribution in [2.45, 2.75) is 25.6 Å². The van der Waals surface area contributed by atoms with E-state index in [1.807, 2.05) is 0 Å². The SMILES string of the molecule is CCCN1CCOC(C(O)c2c(OC)cnn2C)C1.